The number of nitrogens with one attached hydrogen (secondary N) is 2. The van der Waals surface area contributed by atoms with Crippen LogP contribution in [0, 0.1) is 10.1 Å². The lowest BCUT2D eigenvalue weighted by Gasteiger charge is -2.11. The lowest BCUT2D eigenvalue weighted by molar-refractivity contribution is -0.384. The number of amides is 1. The van der Waals surface area contributed by atoms with E-state index in [0.717, 1.165) is 24.2 Å². The van der Waals surface area contributed by atoms with Crippen LogP contribution < -0.4 is 10.6 Å². The average Bonchev–Trinajstić information content (AvgIpc) is 3.20. The molecule has 126 valence electrons. The molecule has 0 bridgehead atoms. The summed E-state index contributed by atoms with van der Waals surface area (Å²) in [6.45, 7) is 0.179. The van der Waals surface area contributed by atoms with E-state index in [4.69, 9.17) is 0 Å². The summed E-state index contributed by atoms with van der Waals surface area (Å²) in [4.78, 5) is 22.2. The Balaban J connectivity index is 1.54. The van der Waals surface area contributed by atoms with Gasteiger partial charge >= 0.3 is 0 Å². The molecule has 2 aromatic rings. The number of nitro benzene ring substituents is 1. The minimum atomic E-state index is -0.440. The number of nitro groups is 1. The molecule has 8 heteroatoms. The lowest BCUT2D eigenvalue weighted by atomic mass is 10.2. The third-order valence-corrected chi connectivity index (χ3v) is 4.03. The maximum absolute atomic E-state index is 12.0. The van der Waals surface area contributed by atoms with Crippen LogP contribution in [0.4, 0.5) is 17.1 Å². The van der Waals surface area contributed by atoms with E-state index in [1.165, 1.54) is 25.0 Å². The molecule has 0 atom stereocenters. The summed E-state index contributed by atoms with van der Waals surface area (Å²) in [5.74, 6) is -0.0353. The Hall–Kier alpha value is -2.90. The Morgan fingerprint density at radius 1 is 1.25 bits per heavy atom. The summed E-state index contributed by atoms with van der Waals surface area (Å²) in [6.07, 6.45) is 7.81. The van der Waals surface area contributed by atoms with Crippen LogP contribution in [0.15, 0.2) is 36.7 Å². The number of rotatable bonds is 6. The molecule has 1 aromatic heterocycles. The number of anilines is 2. The Morgan fingerprint density at radius 2 is 1.96 bits per heavy atom. The van der Waals surface area contributed by atoms with Gasteiger partial charge in [-0.3, -0.25) is 19.6 Å². The molecule has 8 nitrogen and oxygen atoms in total. The minimum absolute atomic E-state index is 0.0353. The van der Waals surface area contributed by atoms with Crippen molar-refractivity contribution in [3.8, 4) is 0 Å². The zero-order chi connectivity index (χ0) is 16.9. The van der Waals surface area contributed by atoms with Crippen molar-refractivity contribution in [1.82, 2.24) is 15.1 Å². The fraction of sp³-hybridized carbons (Fsp3) is 0.375. The van der Waals surface area contributed by atoms with E-state index in [-0.39, 0.29) is 18.1 Å². The summed E-state index contributed by atoms with van der Waals surface area (Å²) in [6, 6.07) is 6.42. The van der Waals surface area contributed by atoms with Gasteiger partial charge in [-0.05, 0) is 25.0 Å². The summed E-state index contributed by atoms with van der Waals surface area (Å²) >= 11 is 0. The molecule has 0 saturated heterocycles. The van der Waals surface area contributed by atoms with Crippen LogP contribution in [-0.4, -0.2) is 26.7 Å². The molecule has 0 spiro atoms. The van der Waals surface area contributed by atoms with Crippen LogP contribution in [0.25, 0.3) is 0 Å². The van der Waals surface area contributed by atoms with E-state index >= 15 is 0 Å². The van der Waals surface area contributed by atoms with Gasteiger partial charge in [-0.15, -0.1) is 0 Å². The summed E-state index contributed by atoms with van der Waals surface area (Å²) in [5.41, 5.74) is 1.48. The number of non-ortho nitro benzene ring substituents is 1. The van der Waals surface area contributed by atoms with Gasteiger partial charge in [-0.2, -0.15) is 5.10 Å². The highest BCUT2D eigenvalue weighted by Gasteiger charge is 2.17. The zero-order valence-electron chi connectivity index (χ0n) is 13.1. The molecule has 0 aliphatic heterocycles. The zero-order valence-corrected chi connectivity index (χ0v) is 13.1. The third kappa shape index (κ3) is 4.09. The molecule has 24 heavy (non-hydrogen) atoms. The number of benzene rings is 1. The van der Waals surface area contributed by atoms with Crippen molar-refractivity contribution in [1.29, 1.82) is 0 Å². The molecular formula is C16H19N5O3. The van der Waals surface area contributed by atoms with E-state index in [1.807, 2.05) is 0 Å². The predicted octanol–water partition coefficient (Wildman–Crippen LogP) is 2.59. The molecule has 1 amide bonds. The minimum Gasteiger partial charge on any atom is -0.353 e. The molecule has 1 saturated carbocycles. The molecule has 1 aromatic carbocycles. The normalized spacial score (nSPS) is 14.5. The highest BCUT2D eigenvalue weighted by Crippen LogP contribution is 2.20. The first-order valence-corrected chi connectivity index (χ1v) is 7.93. The van der Waals surface area contributed by atoms with Gasteiger partial charge in [-0.25, -0.2) is 0 Å². The number of hydrogen-bond acceptors (Lipinski definition) is 5. The van der Waals surface area contributed by atoms with Crippen molar-refractivity contribution < 1.29 is 9.72 Å². The van der Waals surface area contributed by atoms with Crippen molar-refractivity contribution in [3.63, 3.8) is 0 Å². The van der Waals surface area contributed by atoms with Gasteiger partial charge in [0.05, 0.1) is 16.8 Å². The second-order valence-electron chi connectivity index (χ2n) is 5.90. The Kier molecular flexibility index (Phi) is 4.74. The molecule has 0 radical (unpaired) electrons. The molecule has 2 N–H and O–H groups in total. The van der Waals surface area contributed by atoms with E-state index in [2.05, 4.69) is 15.7 Å². The fourth-order valence-electron chi connectivity index (χ4n) is 2.84. The van der Waals surface area contributed by atoms with Crippen LogP contribution in [-0.2, 0) is 11.3 Å². The molecule has 1 aliphatic carbocycles. The van der Waals surface area contributed by atoms with E-state index in [0.29, 0.717) is 6.04 Å². The molecule has 1 aliphatic rings. The maximum atomic E-state index is 12.0. The van der Waals surface area contributed by atoms with E-state index in [1.54, 1.807) is 29.2 Å². The van der Waals surface area contributed by atoms with Crippen LogP contribution >= 0.6 is 0 Å². The summed E-state index contributed by atoms with van der Waals surface area (Å²) in [7, 11) is 0. The van der Waals surface area contributed by atoms with Crippen molar-refractivity contribution in [2.45, 2.75) is 38.3 Å². The van der Waals surface area contributed by atoms with E-state index in [9.17, 15) is 14.9 Å². The predicted molar refractivity (Wildman–Crippen MR) is 89.0 cm³/mol. The Labute approximate surface area is 139 Å². The summed E-state index contributed by atoms with van der Waals surface area (Å²) in [5, 5.41) is 20.9. The van der Waals surface area contributed by atoms with Crippen molar-refractivity contribution >= 4 is 23.0 Å². The summed E-state index contributed by atoms with van der Waals surface area (Å²) < 4.78 is 1.57. The molecular weight excluding hydrogens is 310 g/mol. The van der Waals surface area contributed by atoms with Crippen molar-refractivity contribution in [3.05, 3.63) is 46.8 Å². The van der Waals surface area contributed by atoms with Gasteiger partial charge in [-0.1, -0.05) is 12.8 Å². The van der Waals surface area contributed by atoms with Gasteiger partial charge in [0.25, 0.3) is 5.69 Å². The number of carbonyl (C=O) groups excluding carboxylic acids is 1. The second kappa shape index (κ2) is 7.12. The Morgan fingerprint density at radius 3 is 2.62 bits per heavy atom. The van der Waals surface area contributed by atoms with Crippen LogP contribution in [0.5, 0.6) is 0 Å². The van der Waals surface area contributed by atoms with Crippen LogP contribution in [0.2, 0.25) is 0 Å². The first-order valence-electron chi connectivity index (χ1n) is 7.93. The molecule has 1 heterocycles. The number of nitrogens with zero attached hydrogens (tertiary/aromatic N) is 3. The molecule has 1 fully saturated rings. The Bertz CT molecular complexity index is 720. The van der Waals surface area contributed by atoms with E-state index < -0.39 is 4.92 Å². The van der Waals surface area contributed by atoms with Crippen molar-refractivity contribution in [2.75, 3.05) is 5.32 Å². The average molecular weight is 329 g/mol. The standard InChI is InChI=1S/C16H19N5O3/c22-16(19-12-3-1-2-4-12)11-20-10-14(9-17-20)18-13-5-7-15(8-6-13)21(23)24/h5-10,12,18H,1-4,11H2,(H,19,22). The van der Waals surface area contributed by atoms with Gasteiger partial charge < -0.3 is 10.6 Å². The highest BCUT2D eigenvalue weighted by atomic mass is 16.6. The van der Waals surface area contributed by atoms with Gasteiger partial charge in [0, 0.05) is 30.1 Å². The number of hydrogen-bond donors (Lipinski definition) is 2. The maximum Gasteiger partial charge on any atom is 0.269 e. The number of aromatic nitrogens is 2. The quantitative estimate of drug-likeness (QED) is 0.626. The largest absolute Gasteiger partial charge is 0.353 e. The number of carbonyl (C=O) groups is 1. The third-order valence-electron chi connectivity index (χ3n) is 4.03. The van der Waals surface area contributed by atoms with Gasteiger partial charge in [0.15, 0.2) is 0 Å². The van der Waals surface area contributed by atoms with Gasteiger partial charge in [0.2, 0.25) is 5.91 Å². The first-order chi connectivity index (χ1) is 11.6. The fourth-order valence-corrected chi connectivity index (χ4v) is 2.84. The first kappa shape index (κ1) is 16.0. The topological polar surface area (TPSA) is 102 Å². The van der Waals surface area contributed by atoms with Crippen molar-refractivity contribution in [2.24, 2.45) is 0 Å². The van der Waals surface area contributed by atoms with Gasteiger partial charge in [0.1, 0.15) is 6.54 Å². The van der Waals surface area contributed by atoms with Crippen LogP contribution in [0.1, 0.15) is 25.7 Å². The smallest absolute Gasteiger partial charge is 0.269 e. The molecule has 3 rings (SSSR count). The van der Waals surface area contributed by atoms with Crippen LogP contribution in [0.3, 0.4) is 0 Å². The lowest BCUT2D eigenvalue weighted by Crippen LogP contribution is -2.35. The monoisotopic (exact) mass is 329 g/mol. The highest BCUT2D eigenvalue weighted by molar-refractivity contribution is 5.76. The second-order valence-corrected chi connectivity index (χ2v) is 5.90. The molecule has 0 unspecified atom stereocenters. The SMILES string of the molecule is O=C(Cn1cc(Nc2ccc([N+](=O)[O-])cc2)cn1)NC1CCCC1.